The number of aryl methyl sites for hydroxylation is 1. The van der Waals surface area contributed by atoms with Gasteiger partial charge in [0.2, 0.25) is 0 Å². The molecule has 0 saturated heterocycles. The van der Waals surface area contributed by atoms with Crippen LogP contribution in [-0.4, -0.2) is 22.2 Å². The molecule has 2 N–H and O–H groups in total. The van der Waals surface area contributed by atoms with Gasteiger partial charge in [-0.2, -0.15) is 5.10 Å². The molecular formula is C30H31N5O. The summed E-state index contributed by atoms with van der Waals surface area (Å²) < 4.78 is 1.59. The fraction of sp³-hybridized carbons (Fsp3) is 0.233. The van der Waals surface area contributed by atoms with Crippen LogP contribution in [0.25, 0.3) is 10.5 Å². The van der Waals surface area contributed by atoms with E-state index in [4.69, 9.17) is 6.57 Å². The number of benzene rings is 3. The standard InChI is InChI=1S/C30H31N5O/c1-4-5-9-18-32-29(23-12-7-6-8-13-23)24-14-10-16-26(20-24)33-30(36)28-19-22(2)34-35(28)27-17-11-15-25(21-27)31-3/h6-8,10-17,19-21,29,32H,4-5,9,18H2,1-2H3,(H,33,36). The van der Waals surface area contributed by atoms with E-state index in [1.165, 1.54) is 18.4 Å². The van der Waals surface area contributed by atoms with Gasteiger partial charge in [-0.25, -0.2) is 9.53 Å². The second-order valence-electron chi connectivity index (χ2n) is 8.80. The Morgan fingerprint density at radius 3 is 2.53 bits per heavy atom. The molecule has 6 nitrogen and oxygen atoms in total. The number of nitrogens with one attached hydrogen (secondary N) is 2. The van der Waals surface area contributed by atoms with E-state index < -0.39 is 0 Å². The molecular weight excluding hydrogens is 446 g/mol. The van der Waals surface area contributed by atoms with Crippen molar-refractivity contribution in [3.05, 3.63) is 119 Å². The fourth-order valence-corrected chi connectivity index (χ4v) is 4.24. The number of aromatic nitrogens is 2. The highest BCUT2D eigenvalue weighted by atomic mass is 16.2. The summed E-state index contributed by atoms with van der Waals surface area (Å²) in [6, 6.07) is 27.2. The summed E-state index contributed by atoms with van der Waals surface area (Å²) in [5, 5.41) is 11.2. The lowest BCUT2D eigenvalue weighted by atomic mass is 9.98. The SMILES string of the molecule is [C-]#[N+]c1cccc(-n2nc(C)cc2C(=O)Nc2cccc(C(NCCCCC)c3ccccc3)c2)c1. The van der Waals surface area contributed by atoms with Crippen LogP contribution in [0.3, 0.4) is 0 Å². The third kappa shape index (κ3) is 6.07. The minimum atomic E-state index is -0.256. The van der Waals surface area contributed by atoms with Gasteiger partial charge in [0, 0.05) is 5.69 Å². The Hall–Kier alpha value is -4.21. The van der Waals surface area contributed by atoms with Crippen LogP contribution in [0.15, 0.2) is 84.9 Å². The molecule has 0 fully saturated rings. The van der Waals surface area contributed by atoms with Gasteiger partial charge in [0.15, 0.2) is 5.69 Å². The Bertz CT molecular complexity index is 1350. The summed E-state index contributed by atoms with van der Waals surface area (Å²) in [4.78, 5) is 16.8. The fourth-order valence-electron chi connectivity index (χ4n) is 4.24. The molecule has 0 radical (unpaired) electrons. The molecule has 0 saturated carbocycles. The second-order valence-corrected chi connectivity index (χ2v) is 8.80. The van der Waals surface area contributed by atoms with Crippen molar-refractivity contribution < 1.29 is 4.79 Å². The summed E-state index contributed by atoms with van der Waals surface area (Å²) in [6.45, 7) is 12.3. The van der Waals surface area contributed by atoms with E-state index >= 15 is 0 Å². The number of carbonyl (C=O) groups excluding carboxylic acids is 1. The maximum atomic E-state index is 13.3. The van der Waals surface area contributed by atoms with E-state index in [0.717, 1.165) is 24.2 Å². The average molecular weight is 478 g/mol. The van der Waals surface area contributed by atoms with Crippen LogP contribution < -0.4 is 10.6 Å². The summed E-state index contributed by atoms with van der Waals surface area (Å²) >= 11 is 0. The Morgan fingerprint density at radius 2 is 1.75 bits per heavy atom. The summed E-state index contributed by atoms with van der Waals surface area (Å²) in [5.41, 5.74) is 5.30. The van der Waals surface area contributed by atoms with Crippen molar-refractivity contribution in [2.45, 2.75) is 39.2 Å². The van der Waals surface area contributed by atoms with Crippen LogP contribution in [0.4, 0.5) is 11.4 Å². The average Bonchev–Trinajstić information content (AvgIpc) is 3.31. The van der Waals surface area contributed by atoms with Crippen molar-refractivity contribution in [2.24, 2.45) is 0 Å². The van der Waals surface area contributed by atoms with Gasteiger partial charge in [0.25, 0.3) is 5.91 Å². The highest BCUT2D eigenvalue weighted by Crippen LogP contribution is 2.25. The topological polar surface area (TPSA) is 63.3 Å². The monoisotopic (exact) mass is 477 g/mol. The molecule has 4 rings (SSSR count). The molecule has 0 aliphatic heterocycles. The van der Waals surface area contributed by atoms with Crippen molar-refractivity contribution in [1.82, 2.24) is 15.1 Å². The normalized spacial score (nSPS) is 11.6. The smallest absolute Gasteiger partial charge is 0.274 e. The van der Waals surface area contributed by atoms with E-state index in [1.807, 2.05) is 49.4 Å². The molecule has 0 bridgehead atoms. The third-order valence-electron chi connectivity index (χ3n) is 6.01. The van der Waals surface area contributed by atoms with Crippen LogP contribution in [0, 0.1) is 13.5 Å². The summed E-state index contributed by atoms with van der Waals surface area (Å²) in [5.74, 6) is -0.256. The minimum Gasteiger partial charge on any atom is -0.321 e. The first-order chi connectivity index (χ1) is 17.6. The predicted molar refractivity (Wildman–Crippen MR) is 145 cm³/mol. The zero-order valence-corrected chi connectivity index (χ0v) is 20.7. The van der Waals surface area contributed by atoms with Crippen molar-refractivity contribution in [3.63, 3.8) is 0 Å². The lowest BCUT2D eigenvalue weighted by molar-refractivity contribution is 0.101. The van der Waals surface area contributed by atoms with E-state index in [0.29, 0.717) is 22.8 Å². The summed E-state index contributed by atoms with van der Waals surface area (Å²) in [6.07, 6.45) is 3.49. The lowest BCUT2D eigenvalue weighted by Gasteiger charge is -2.21. The van der Waals surface area contributed by atoms with Gasteiger partial charge in [0.1, 0.15) is 5.69 Å². The first-order valence-corrected chi connectivity index (χ1v) is 12.3. The van der Waals surface area contributed by atoms with Crippen molar-refractivity contribution in [3.8, 4) is 5.69 Å². The maximum Gasteiger partial charge on any atom is 0.274 e. The molecule has 0 spiro atoms. The highest BCUT2D eigenvalue weighted by molar-refractivity contribution is 6.03. The van der Waals surface area contributed by atoms with Gasteiger partial charge in [-0.1, -0.05) is 74.4 Å². The molecule has 1 amide bonds. The van der Waals surface area contributed by atoms with Gasteiger partial charge in [-0.05, 0) is 61.3 Å². The van der Waals surface area contributed by atoms with E-state index in [-0.39, 0.29) is 11.9 Å². The second kappa shape index (κ2) is 12.0. The van der Waals surface area contributed by atoms with E-state index in [2.05, 4.69) is 45.7 Å². The van der Waals surface area contributed by atoms with E-state index in [9.17, 15) is 4.79 Å². The molecule has 1 atom stereocenters. The van der Waals surface area contributed by atoms with Crippen LogP contribution in [0.2, 0.25) is 0 Å². The van der Waals surface area contributed by atoms with Crippen molar-refractivity contribution in [1.29, 1.82) is 0 Å². The van der Waals surface area contributed by atoms with Crippen LogP contribution >= 0.6 is 0 Å². The zero-order chi connectivity index (χ0) is 25.3. The van der Waals surface area contributed by atoms with Crippen LogP contribution in [0.5, 0.6) is 0 Å². The van der Waals surface area contributed by atoms with Gasteiger partial charge in [-0.3, -0.25) is 4.79 Å². The quantitative estimate of drug-likeness (QED) is 0.194. The van der Waals surface area contributed by atoms with E-state index in [1.54, 1.807) is 28.9 Å². The lowest BCUT2D eigenvalue weighted by Crippen LogP contribution is -2.24. The molecule has 182 valence electrons. The van der Waals surface area contributed by atoms with Gasteiger partial charge in [0.05, 0.1) is 24.0 Å². The minimum absolute atomic E-state index is 0.0315. The molecule has 1 aromatic heterocycles. The number of rotatable bonds is 10. The maximum absolute atomic E-state index is 13.3. The molecule has 6 heteroatoms. The predicted octanol–water partition coefficient (Wildman–Crippen LogP) is 6.85. The molecule has 4 aromatic rings. The summed E-state index contributed by atoms with van der Waals surface area (Å²) in [7, 11) is 0. The number of unbranched alkanes of at least 4 members (excludes halogenated alkanes) is 2. The van der Waals surface area contributed by atoms with Crippen molar-refractivity contribution in [2.75, 3.05) is 11.9 Å². The number of amides is 1. The number of hydrogen-bond acceptors (Lipinski definition) is 3. The van der Waals surface area contributed by atoms with Gasteiger partial charge >= 0.3 is 0 Å². The zero-order valence-electron chi connectivity index (χ0n) is 20.7. The molecule has 1 unspecified atom stereocenters. The molecule has 0 aliphatic rings. The Balaban J connectivity index is 1.58. The Labute approximate surface area is 212 Å². The number of hydrogen-bond donors (Lipinski definition) is 2. The number of nitrogens with zero attached hydrogens (tertiary/aromatic N) is 3. The molecule has 36 heavy (non-hydrogen) atoms. The molecule has 1 heterocycles. The van der Waals surface area contributed by atoms with Gasteiger partial charge < -0.3 is 10.6 Å². The van der Waals surface area contributed by atoms with Crippen LogP contribution in [-0.2, 0) is 0 Å². The molecule has 3 aromatic carbocycles. The Morgan fingerprint density at radius 1 is 0.972 bits per heavy atom. The number of anilines is 1. The first-order valence-electron chi connectivity index (χ1n) is 12.3. The first kappa shape index (κ1) is 24.9. The molecule has 0 aliphatic carbocycles. The van der Waals surface area contributed by atoms with Crippen molar-refractivity contribution >= 4 is 17.3 Å². The number of carbonyl (C=O) groups is 1. The van der Waals surface area contributed by atoms with Gasteiger partial charge in [-0.15, -0.1) is 0 Å². The highest BCUT2D eigenvalue weighted by Gasteiger charge is 2.18. The van der Waals surface area contributed by atoms with Crippen LogP contribution in [0.1, 0.15) is 59.5 Å². The third-order valence-corrected chi connectivity index (χ3v) is 6.01. The Kier molecular flexibility index (Phi) is 8.28. The largest absolute Gasteiger partial charge is 0.321 e.